The lowest BCUT2D eigenvalue weighted by Gasteiger charge is -2.05. The van der Waals surface area contributed by atoms with Crippen molar-refractivity contribution in [3.63, 3.8) is 0 Å². The molecule has 0 saturated carbocycles. The number of imidazole rings is 1. The van der Waals surface area contributed by atoms with Crippen molar-refractivity contribution in [3.05, 3.63) is 58.0 Å². The van der Waals surface area contributed by atoms with E-state index in [1.165, 1.54) is 0 Å². The third kappa shape index (κ3) is 4.86. The Morgan fingerprint density at radius 1 is 1.20 bits per heavy atom. The second-order valence-electron chi connectivity index (χ2n) is 5.28. The van der Waals surface area contributed by atoms with Crippen LogP contribution < -0.4 is 10.9 Å². The van der Waals surface area contributed by atoms with Gasteiger partial charge in [-0.25, -0.2) is 4.98 Å². The summed E-state index contributed by atoms with van der Waals surface area (Å²) in [5.41, 5.74) is 2.87. The Balaban J connectivity index is 1.46. The Labute approximate surface area is 148 Å². The summed E-state index contributed by atoms with van der Waals surface area (Å²) in [5.74, 6) is 2.07. The summed E-state index contributed by atoms with van der Waals surface area (Å²) in [6, 6.07) is 0. The number of rotatable bonds is 8. The van der Waals surface area contributed by atoms with Crippen molar-refractivity contribution in [3.8, 4) is 0 Å². The number of nitrogens with one attached hydrogen (secondary N) is 3. The number of aryl methyl sites for hydroxylation is 1. The number of aromatic amines is 2. The van der Waals surface area contributed by atoms with Crippen LogP contribution in [0.25, 0.3) is 0 Å². The summed E-state index contributed by atoms with van der Waals surface area (Å²) in [5, 5.41) is 11.1. The van der Waals surface area contributed by atoms with Crippen molar-refractivity contribution in [2.45, 2.75) is 19.1 Å². The molecule has 0 fully saturated rings. The van der Waals surface area contributed by atoms with Crippen LogP contribution in [0.3, 0.4) is 0 Å². The van der Waals surface area contributed by atoms with Crippen molar-refractivity contribution in [1.29, 1.82) is 0 Å². The van der Waals surface area contributed by atoms with Crippen LogP contribution in [0.1, 0.15) is 22.8 Å². The lowest BCUT2D eigenvalue weighted by atomic mass is 10.2. The van der Waals surface area contributed by atoms with Gasteiger partial charge in [-0.1, -0.05) is 0 Å². The van der Waals surface area contributed by atoms with E-state index in [-0.39, 0.29) is 5.56 Å². The number of thioether (sulfide) groups is 1. The summed E-state index contributed by atoms with van der Waals surface area (Å²) in [6.07, 6.45) is 6.76. The van der Waals surface area contributed by atoms with Gasteiger partial charge in [0, 0.05) is 48.8 Å². The predicted molar refractivity (Wildman–Crippen MR) is 95.5 cm³/mol. The van der Waals surface area contributed by atoms with E-state index in [2.05, 4.69) is 40.4 Å². The third-order valence-electron chi connectivity index (χ3n) is 3.44. The highest BCUT2D eigenvalue weighted by Gasteiger charge is 2.07. The number of nitrogens with zero attached hydrogens (tertiary/aromatic N) is 5. The zero-order chi connectivity index (χ0) is 17.5. The molecule has 0 bridgehead atoms. The molecular formula is C15H18N8OS. The molecule has 0 saturated heterocycles. The quantitative estimate of drug-likeness (QED) is 0.508. The smallest absolute Gasteiger partial charge is 0.274 e. The molecule has 0 aliphatic rings. The van der Waals surface area contributed by atoms with Crippen LogP contribution >= 0.6 is 11.8 Å². The van der Waals surface area contributed by atoms with Gasteiger partial charge >= 0.3 is 0 Å². The maximum Gasteiger partial charge on any atom is 0.274 e. The largest absolute Gasteiger partial charge is 0.354 e. The zero-order valence-electron chi connectivity index (χ0n) is 13.7. The number of aromatic nitrogens is 7. The summed E-state index contributed by atoms with van der Waals surface area (Å²) in [4.78, 5) is 30.2. The first-order chi connectivity index (χ1) is 12.2. The Morgan fingerprint density at radius 3 is 2.84 bits per heavy atom. The summed E-state index contributed by atoms with van der Waals surface area (Å²) in [7, 11) is 0. The van der Waals surface area contributed by atoms with Gasteiger partial charge in [0.2, 0.25) is 5.95 Å². The molecule has 130 valence electrons. The van der Waals surface area contributed by atoms with E-state index in [0.29, 0.717) is 30.3 Å². The van der Waals surface area contributed by atoms with Crippen LogP contribution in [0.2, 0.25) is 0 Å². The maximum absolute atomic E-state index is 12.1. The normalized spacial score (nSPS) is 10.8. The molecule has 0 radical (unpaired) electrons. The lowest BCUT2D eigenvalue weighted by Crippen LogP contribution is -2.21. The van der Waals surface area contributed by atoms with Crippen LogP contribution in [-0.2, 0) is 12.2 Å². The van der Waals surface area contributed by atoms with Crippen LogP contribution in [0.4, 0.5) is 5.95 Å². The lowest BCUT2D eigenvalue weighted by molar-refractivity contribution is 0.850. The van der Waals surface area contributed by atoms with E-state index in [9.17, 15) is 4.79 Å². The Hall–Kier alpha value is -2.75. The van der Waals surface area contributed by atoms with Crippen molar-refractivity contribution < 1.29 is 0 Å². The van der Waals surface area contributed by atoms with Gasteiger partial charge in [0.25, 0.3) is 5.56 Å². The van der Waals surface area contributed by atoms with Crippen LogP contribution in [0.5, 0.6) is 0 Å². The van der Waals surface area contributed by atoms with Gasteiger partial charge in [0.15, 0.2) is 0 Å². The fraction of sp³-hybridized carbons (Fsp3) is 0.333. The van der Waals surface area contributed by atoms with Gasteiger partial charge in [0.1, 0.15) is 5.69 Å². The predicted octanol–water partition coefficient (Wildman–Crippen LogP) is 0.923. The van der Waals surface area contributed by atoms with E-state index in [1.807, 2.05) is 6.92 Å². The average molecular weight is 358 g/mol. The monoisotopic (exact) mass is 358 g/mol. The molecule has 0 aliphatic heterocycles. The first-order valence-electron chi connectivity index (χ1n) is 7.73. The van der Waals surface area contributed by atoms with Gasteiger partial charge in [0.05, 0.1) is 17.7 Å². The van der Waals surface area contributed by atoms with E-state index in [4.69, 9.17) is 0 Å². The molecule has 0 unspecified atom stereocenters. The molecule has 25 heavy (non-hydrogen) atoms. The molecule has 3 aromatic heterocycles. The topological polar surface area (TPSA) is 125 Å². The molecular weight excluding hydrogens is 340 g/mol. The van der Waals surface area contributed by atoms with E-state index in [0.717, 1.165) is 22.9 Å². The van der Waals surface area contributed by atoms with Gasteiger partial charge in [-0.05, 0) is 6.92 Å². The summed E-state index contributed by atoms with van der Waals surface area (Å²) >= 11 is 1.75. The first kappa shape index (κ1) is 17.1. The SMILES string of the molecule is Cc1[nH]cnc1CSCCNc1nnc(Cc2cnccn2)c(=O)[nH]1. The number of H-pyrrole nitrogens is 2. The van der Waals surface area contributed by atoms with Crippen molar-refractivity contribution in [2.24, 2.45) is 0 Å². The summed E-state index contributed by atoms with van der Waals surface area (Å²) in [6.45, 7) is 2.67. The van der Waals surface area contributed by atoms with Crippen molar-refractivity contribution in [2.75, 3.05) is 17.6 Å². The molecule has 9 nitrogen and oxygen atoms in total. The Bertz CT molecular complexity index is 863. The molecule has 0 aromatic carbocycles. The minimum absolute atomic E-state index is 0.275. The molecule has 3 rings (SSSR count). The number of anilines is 1. The Morgan fingerprint density at radius 2 is 2.12 bits per heavy atom. The Kier molecular flexibility index (Phi) is 5.73. The fourth-order valence-corrected chi connectivity index (χ4v) is 2.97. The number of hydrogen-bond donors (Lipinski definition) is 3. The molecule has 3 N–H and O–H groups in total. The molecule has 0 atom stereocenters. The summed E-state index contributed by atoms with van der Waals surface area (Å²) < 4.78 is 0. The minimum atomic E-state index is -0.275. The molecule has 3 aromatic rings. The molecule has 0 aliphatic carbocycles. The highest BCUT2D eigenvalue weighted by atomic mass is 32.2. The van der Waals surface area contributed by atoms with Crippen LogP contribution in [0, 0.1) is 6.92 Å². The van der Waals surface area contributed by atoms with E-state index in [1.54, 1.807) is 36.7 Å². The van der Waals surface area contributed by atoms with Gasteiger partial charge in [-0.2, -0.15) is 11.8 Å². The van der Waals surface area contributed by atoms with Crippen molar-refractivity contribution in [1.82, 2.24) is 35.1 Å². The molecule has 3 heterocycles. The van der Waals surface area contributed by atoms with Gasteiger partial charge in [-0.3, -0.25) is 19.7 Å². The fourth-order valence-electron chi connectivity index (χ4n) is 2.09. The average Bonchev–Trinajstić information content (AvgIpc) is 3.03. The third-order valence-corrected chi connectivity index (χ3v) is 4.41. The molecule has 10 heteroatoms. The van der Waals surface area contributed by atoms with Crippen molar-refractivity contribution >= 4 is 17.7 Å². The zero-order valence-corrected chi connectivity index (χ0v) is 14.5. The standard InChI is InChI=1S/C15H18N8OS/c1-10-13(20-9-19-10)8-25-5-4-18-15-21-14(24)12(22-23-15)6-11-7-16-2-3-17-11/h2-3,7,9H,4-6,8H2,1H3,(H,19,20)(H2,18,21,23,24). The molecule has 0 amide bonds. The second-order valence-corrected chi connectivity index (χ2v) is 6.38. The maximum atomic E-state index is 12.1. The van der Waals surface area contributed by atoms with Gasteiger partial charge in [-0.15, -0.1) is 10.2 Å². The molecule has 0 spiro atoms. The van der Waals surface area contributed by atoms with Crippen LogP contribution in [0.15, 0.2) is 29.7 Å². The van der Waals surface area contributed by atoms with Crippen LogP contribution in [-0.4, -0.2) is 47.4 Å². The second kappa shape index (κ2) is 8.38. The number of hydrogen-bond acceptors (Lipinski definition) is 8. The van der Waals surface area contributed by atoms with Gasteiger partial charge < -0.3 is 10.3 Å². The van der Waals surface area contributed by atoms with E-state index >= 15 is 0 Å². The van der Waals surface area contributed by atoms with E-state index < -0.39 is 0 Å². The minimum Gasteiger partial charge on any atom is -0.354 e. The highest BCUT2D eigenvalue weighted by molar-refractivity contribution is 7.98. The first-order valence-corrected chi connectivity index (χ1v) is 8.89. The highest BCUT2D eigenvalue weighted by Crippen LogP contribution is 2.12.